The Morgan fingerprint density at radius 2 is 2.22 bits per heavy atom. The van der Waals surface area contributed by atoms with E-state index in [1.165, 1.54) is 0 Å². The first-order valence-electron chi connectivity index (χ1n) is 5.89. The van der Waals surface area contributed by atoms with Crippen molar-refractivity contribution in [3.63, 3.8) is 0 Å². The molecule has 0 unspecified atom stereocenters. The van der Waals surface area contributed by atoms with E-state index in [4.69, 9.17) is 5.73 Å². The summed E-state index contributed by atoms with van der Waals surface area (Å²) < 4.78 is 26.8. The number of rotatable bonds is 3. The van der Waals surface area contributed by atoms with Gasteiger partial charge in [0.2, 0.25) is 10.0 Å². The fourth-order valence-electron chi connectivity index (χ4n) is 2.04. The standard InChI is InChI=1S/C10H18N4O2S2/c1-8-10(9(7-11)13-12-8)18(15,16)14-3-2-5-17-6-4-14/h2-7,11H2,1H3,(H,12,13). The van der Waals surface area contributed by atoms with Crippen molar-refractivity contribution >= 4 is 21.8 Å². The maximum Gasteiger partial charge on any atom is 0.246 e. The van der Waals surface area contributed by atoms with Crippen molar-refractivity contribution in [1.82, 2.24) is 14.5 Å². The van der Waals surface area contributed by atoms with Crippen molar-refractivity contribution in [3.8, 4) is 0 Å². The monoisotopic (exact) mass is 290 g/mol. The molecule has 0 saturated carbocycles. The van der Waals surface area contributed by atoms with E-state index in [1.54, 1.807) is 23.0 Å². The third-order valence-corrected chi connectivity index (χ3v) is 6.08. The van der Waals surface area contributed by atoms with E-state index in [1.807, 2.05) is 0 Å². The van der Waals surface area contributed by atoms with Gasteiger partial charge < -0.3 is 5.73 Å². The Morgan fingerprint density at radius 3 is 2.94 bits per heavy atom. The average Bonchev–Trinajstić information content (AvgIpc) is 2.56. The zero-order chi connectivity index (χ0) is 13.2. The molecule has 6 nitrogen and oxygen atoms in total. The number of hydrogen-bond acceptors (Lipinski definition) is 5. The van der Waals surface area contributed by atoms with Crippen molar-refractivity contribution in [2.75, 3.05) is 24.6 Å². The Bertz CT molecular complexity index is 504. The molecule has 1 aliphatic heterocycles. The summed E-state index contributed by atoms with van der Waals surface area (Å²) in [6.45, 7) is 2.97. The maximum atomic E-state index is 12.6. The number of sulfonamides is 1. The number of H-pyrrole nitrogens is 1. The highest BCUT2D eigenvalue weighted by Gasteiger charge is 2.30. The molecule has 1 aromatic rings. The van der Waals surface area contributed by atoms with E-state index < -0.39 is 10.0 Å². The smallest absolute Gasteiger partial charge is 0.246 e. The van der Waals surface area contributed by atoms with E-state index in [9.17, 15) is 8.42 Å². The predicted molar refractivity (Wildman–Crippen MR) is 71.9 cm³/mol. The highest BCUT2D eigenvalue weighted by molar-refractivity contribution is 7.99. The fourth-order valence-corrected chi connectivity index (χ4v) is 4.86. The molecule has 0 radical (unpaired) electrons. The lowest BCUT2D eigenvalue weighted by molar-refractivity contribution is 0.434. The molecule has 8 heteroatoms. The molecule has 2 rings (SSSR count). The minimum Gasteiger partial charge on any atom is -0.325 e. The van der Waals surface area contributed by atoms with Crippen LogP contribution in [0.1, 0.15) is 17.8 Å². The summed E-state index contributed by atoms with van der Waals surface area (Å²) in [7, 11) is -3.47. The second kappa shape index (κ2) is 5.60. The quantitative estimate of drug-likeness (QED) is 0.835. The van der Waals surface area contributed by atoms with Crippen LogP contribution in [0.4, 0.5) is 0 Å². The minimum atomic E-state index is -3.47. The molecule has 18 heavy (non-hydrogen) atoms. The summed E-state index contributed by atoms with van der Waals surface area (Å²) in [5.74, 6) is 1.86. The van der Waals surface area contributed by atoms with Crippen molar-refractivity contribution < 1.29 is 8.42 Å². The molecule has 0 aliphatic carbocycles. The number of aromatic nitrogens is 2. The first kappa shape index (κ1) is 13.9. The maximum absolute atomic E-state index is 12.6. The van der Waals surface area contributed by atoms with Gasteiger partial charge in [-0.05, 0) is 19.1 Å². The highest BCUT2D eigenvalue weighted by atomic mass is 32.2. The van der Waals surface area contributed by atoms with Crippen LogP contribution in [0.5, 0.6) is 0 Å². The Morgan fingerprint density at radius 1 is 1.44 bits per heavy atom. The molecule has 0 aromatic carbocycles. The molecule has 3 N–H and O–H groups in total. The summed E-state index contributed by atoms with van der Waals surface area (Å²) in [5.41, 5.74) is 6.53. The van der Waals surface area contributed by atoms with Gasteiger partial charge >= 0.3 is 0 Å². The Kier molecular flexibility index (Phi) is 4.31. The second-order valence-corrected chi connectivity index (χ2v) is 7.30. The molecule has 0 spiro atoms. The predicted octanol–water partition coefficient (Wildman–Crippen LogP) is 0.304. The molecule has 1 aromatic heterocycles. The summed E-state index contributed by atoms with van der Waals surface area (Å²) in [4.78, 5) is 0.261. The largest absolute Gasteiger partial charge is 0.325 e. The van der Waals surface area contributed by atoms with E-state index in [0.717, 1.165) is 17.9 Å². The van der Waals surface area contributed by atoms with E-state index in [0.29, 0.717) is 24.5 Å². The van der Waals surface area contributed by atoms with Gasteiger partial charge in [-0.15, -0.1) is 0 Å². The second-order valence-electron chi connectivity index (χ2n) is 4.20. The van der Waals surface area contributed by atoms with Crippen molar-refractivity contribution in [3.05, 3.63) is 11.4 Å². The van der Waals surface area contributed by atoms with E-state index in [2.05, 4.69) is 10.2 Å². The fraction of sp³-hybridized carbons (Fsp3) is 0.700. The van der Waals surface area contributed by atoms with Crippen LogP contribution in [0.15, 0.2) is 4.90 Å². The van der Waals surface area contributed by atoms with Gasteiger partial charge in [0, 0.05) is 25.4 Å². The third kappa shape index (κ3) is 2.56. The normalized spacial score (nSPS) is 18.8. The lowest BCUT2D eigenvalue weighted by atomic mass is 10.4. The molecule has 1 aliphatic rings. The van der Waals surface area contributed by atoms with Gasteiger partial charge in [-0.2, -0.15) is 21.2 Å². The number of hydrogen-bond donors (Lipinski definition) is 2. The molecule has 2 heterocycles. The number of nitrogens with one attached hydrogen (secondary N) is 1. The van der Waals surface area contributed by atoms with Gasteiger partial charge in [-0.25, -0.2) is 8.42 Å². The third-order valence-electron chi connectivity index (χ3n) is 2.93. The van der Waals surface area contributed by atoms with Crippen LogP contribution in [0.2, 0.25) is 0 Å². The number of aryl methyl sites for hydroxylation is 1. The molecule has 0 atom stereocenters. The van der Waals surface area contributed by atoms with Gasteiger partial charge in [0.25, 0.3) is 0 Å². The van der Waals surface area contributed by atoms with Gasteiger partial charge in [-0.3, -0.25) is 5.10 Å². The number of nitrogens with two attached hydrogens (primary N) is 1. The summed E-state index contributed by atoms with van der Waals surface area (Å²) in [6, 6.07) is 0. The Hall–Kier alpha value is -0.570. The lowest BCUT2D eigenvalue weighted by Crippen LogP contribution is -2.34. The Labute approximate surface area is 111 Å². The molecular weight excluding hydrogens is 272 g/mol. The van der Waals surface area contributed by atoms with Crippen LogP contribution < -0.4 is 5.73 Å². The molecule has 102 valence electrons. The number of nitrogens with zero attached hydrogens (tertiary/aromatic N) is 2. The first-order valence-corrected chi connectivity index (χ1v) is 8.48. The summed E-state index contributed by atoms with van der Waals surface area (Å²) in [5, 5.41) is 6.67. The summed E-state index contributed by atoms with van der Waals surface area (Å²) >= 11 is 1.79. The molecule has 0 amide bonds. The van der Waals surface area contributed by atoms with Crippen LogP contribution in [0.3, 0.4) is 0 Å². The minimum absolute atomic E-state index is 0.126. The van der Waals surface area contributed by atoms with E-state index >= 15 is 0 Å². The van der Waals surface area contributed by atoms with E-state index in [-0.39, 0.29) is 11.4 Å². The summed E-state index contributed by atoms with van der Waals surface area (Å²) in [6.07, 6.45) is 0.888. The van der Waals surface area contributed by atoms with Gasteiger partial charge in [0.1, 0.15) is 4.90 Å². The van der Waals surface area contributed by atoms with Crippen LogP contribution in [-0.4, -0.2) is 47.5 Å². The first-order chi connectivity index (χ1) is 8.57. The van der Waals surface area contributed by atoms with Crippen molar-refractivity contribution in [2.24, 2.45) is 5.73 Å². The number of thioether (sulfide) groups is 1. The topological polar surface area (TPSA) is 92.1 Å². The lowest BCUT2D eigenvalue weighted by Gasteiger charge is -2.19. The molecule has 1 fully saturated rings. The van der Waals surface area contributed by atoms with Gasteiger partial charge in [-0.1, -0.05) is 0 Å². The van der Waals surface area contributed by atoms with Crippen LogP contribution in [0.25, 0.3) is 0 Å². The highest BCUT2D eigenvalue weighted by Crippen LogP contribution is 2.24. The van der Waals surface area contributed by atoms with Gasteiger partial charge in [0.15, 0.2) is 0 Å². The van der Waals surface area contributed by atoms with Crippen LogP contribution in [0, 0.1) is 6.92 Å². The van der Waals surface area contributed by atoms with Crippen LogP contribution >= 0.6 is 11.8 Å². The number of aromatic amines is 1. The molecule has 0 bridgehead atoms. The zero-order valence-corrected chi connectivity index (χ0v) is 12.0. The zero-order valence-electron chi connectivity index (χ0n) is 10.3. The molecule has 1 saturated heterocycles. The van der Waals surface area contributed by atoms with Gasteiger partial charge in [0.05, 0.1) is 11.4 Å². The van der Waals surface area contributed by atoms with Crippen LogP contribution in [-0.2, 0) is 16.6 Å². The average molecular weight is 290 g/mol. The SMILES string of the molecule is Cc1[nH]nc(CN)c1S(=O)(=O)N1CCCSCC1. The Balaban J connectivity index is 2.37. The molecular formula is C10H18N4O2S2. The van der Waals surface area contributed by atoms with Crippen molar-refractivity contribution in [2.45, 2.75) is 24.8 Å². The van der Waals surface area contributed by atoms with Crippen molar-refractivity contribution in [1.29, 1.82) is 0 Å².